The van der Waals surface area contributed by atoms with Gasteiger partial charge in [0.05, 0.1) is 6.67 Å². The van der Waals surface area contributed by atoms with Gasteiger partial charge in [-0.05, 0) is 42.4 Å². The molecular weight excluding hydrogens is 414 g/mol. The molecule has 1 aromatic heterocycles. The van der Waals surface area contributed by atoms with E-state index in [1.165, 1.54) is 4.90 Å². The molecule has 1 unspecified atom stereocenters. The van der Waals surface area contributed by atoms with Crippen molar-refractivity contribution in [3.8, 4) is 0 Å². The second-order valence-corrected chi connectivity index (χ2v) is 8.86. The van der Waals surface area contributed by atoms with Crippen LogP contribution in [-0.4, -0.2) is 35.5 Å². The molecule has 1 fully saturated rings. The van der Waals surface area contributed by atoms with Gasteiger partial charge in [-0.25, -0.2) is 9.69 Å². The summed E-state index contributed by atoms with van der Waals surface area (Å²) in [7, 11) is 1.91. The van der Waals surface area contributed by atoms with Gasteiger partial charge in [0, 0.05) is 23.9 Å². The van der Waals surface area contributed by atoms with Gasteiger partial charge in [-0.2, -0.15) is 0 Å². The number of fused-ring (bicyclic) bond motifs is 2. The second-order valence-electron chi connectivity index (χ2n) is 8.86. The monoisotopic (exact) mass is 441 g/mol. The molecule has 0 radical (unpaired) electrons. The molecule has 3 aromatic carbocycles. The van der Waals surface area contributed by atoms with Crippen LogP contribution in [0.3, 0.4) is 0 Å². The van der Waals surface area contributed by atoms with Crippen molar-refractivity contribution < 1.29 is 14.0 Å². The van der Waals surface area contributed by atoms with Crippen LogP contribution < -0.4 is 5.32 Å². The van der Waals surface area contributed by atoms with E-state index in [4.69, 9.17) is 4.42 Å². The van der Waals surface area contributed by atoms with Gasteiger partial charge in [0.1, 0.15) is 16.9 Å². The maximum atomic E-state index is 13.4. The predicted octanol–water partition coefficient (Wildman–Crippen LogP) is 5.00. The fourth-order valence-electron chi connectivity index (χ4n) is 4.69. The predicted molar refractivity (Wildman–Crippen MR) is 129 cm³/mol. The van der Waals surface area contributed by atoms with E-state index in [0.29, 0.717) is 6.54 Å². The summed E-state index contributed by atoms with van der Waals surface area (Å²) >= 11 is 0. The lowest BCUT2D eigenvalue weighted by molar-refractivity contribution is -0.132. The van der Waals surface area contributed by atoms with E-state index in [1.54, 1.807) is 6.92 Å². The molecule has 6 heteroatoms. The minimum absolute atomic E-state index is 0.191. The molecule has 4 aromatic rings. The maximum Gasteiger partial charge on any atom is 0.326 e. The van der Waals surface area contributed by atoms with Crippen molar-refractivity contribution in [2.75, 3.05) is 13.7 Å². The number of imide groups is 1. The summed E-state index contributed by atoms with van der Waals surface area (Å²) in [6.07, 6.45) is 0.779. The number of carbonyl (C=O) groups is 2. The third-order valence-corrected chi connectivity index (χ3v) is 6.52. The minimum Gasteiger partial charge on any atom is -0.461 e. The molecule has 0 saturated carbocycles. The minimum atomic E-state index is -1.10. The number of benzene rings is 3. The molecule has 0 spiro atoms. The van der Waals surface area contributed by atoms with Crippen molar-refractivity contribution >= 4 is 33.7 Å². The highest BCUT2D eigenvalue weighted by Crippen LogP contribution is 2.32. The molecule has 168 valence electrons. The van der Waals surface area contributed by atoms with Crippen LogP contribution in [0.2, 0.25) is 0 Å². The van der Waals surface area contributed by atoms with Crippen LogP contribution in [0.25, 0.3) is 21.7 Å². The summed E-state index contributed by atoms with van der Waals surface area (Å²) < 4.78 is 6.00. The summed E-state index contributed by atoms with van der Waals surface area (Å²) in [5.74, 6) is 0.684. The van der Waals surface area contributed by atoms with E-state index in [2.05, 4.69) is 12.2 Å². The SMILES string of the molecule is CCc1oc2ccccc2c1CN(C)CN1C(=O)NC(C)(c2ccc3ccccc3c2)C1=O. The molecule has 5 rings (SSSR count). The second kappa shape index (κ2) is 8.05. The van der Waals surface area contributed by atoms with Crippen LogP contribution in [0.1, 0.15) is 30.7 Å². The Hall–Kier alpha value is -3.64. The molecule has 6 nitrogen and oxygen atoms in total. The third kappa shape index (κ3) is 3.56. The zero-order chi connectivity index (χ0) is 23.2. The molecular formula is C27H27N3O3. The first kappa shape index (κ1) is 21.2. The zero-order valence-corrected chi connectivity index (χ0v) is 19.1. The van der Waals surface area contributed by atoms with Crippen molar-refractivity contribution in [3.05, 3.63) is 83.6 Å². The number of rotatable bonds is 6. The number of nitrogens with zero attached hydrogens (tertiary/aromatic N) is 2. The number of furan rings is 1. The molecule has 1 saturated heterocycles. The number of hydrogen-bond donors (Lipinski definition) is 1. The normalized spacial score (nSPS) is 18.6. The summed E-state index contributed by atoms with van der Waals surface area (Å²) in [5, 5.41) is 6.12. The fourth-order valence-corrected chi connectivity index (χ4v) is 4.69. The van der Waals surface area contributed by atoms with E-state index in [1.807, 2.05) is 78.7 Å². The van der Waals surface area contributed by atoms with Crippen LogP contribution in [0.5, 0.6) is 0 Å². The van der Waals surface area contributed by atoms with Crippen LogP contribution in [0.4, 0.5) is 4.79 Å². The number of aryl methyl sites for hydroxylation is 1. The summed E-state index contributed by atoms with van der Waals surface area (Å²) in [6, 6.07) is 21.5. The van der Waals surface area contributed by atoms with E-state index in [-0.39, 0.29) is 18.6 Å². The standard InChI is InChI=1S/C27H27N3O3/c1-4-23-22(21-11-7-8-12-24(21)33-23)16-29(3)17-30-25(31)27(2,28-26(30)32)20-14-13-18-9-5-6-10-19(18)15-20/h5-15H,4,16-17H2,1-3H3,(H,28,32). The summed E-state index contributed by atoms with van der Waals surface area (Å²) in [6.45, 7) is 4.60. The first-order chi connectivity index (χ1) is 15.9. The van der Waals surface area contributed by atoms with Crippen LogP contribution in [-0.2, 0) is 23.3 Å². The Morgan fingerprint density at radius 3 is 2.52 bits per heavy atom. The van der Waals surface area contributed by atoms with Crippen molar-refractivity contribution in [3.63, 3.8) is 0 Å². The van der Waals surface area contributed by atoms with Crippen LogP contribution in [0.15, 0.2) is 71.1 Å². The summed E-state index contributed by atoms with van der Waals surface area (Å²) in [4.78, 5) is 29.6. The number of urea groups is 1. The zero-order valence-electron chi connectivity index (χ0n) is 19.1. The van der Waals surface area contributed by atoms with Crippen LogP contribution in [0, 0.1) is 0 Å². The van der Waals surface area contributed by atoms with Gasteiger partial charge in [-0.1, -0.05) is 61.5 Å². The Morgan fingerprint density at radius 2 is 1.73 bits per heavy atom. The lowest BCUT2D eigenvalue weighted by Crippen LogP contribution is -2.42. The first-order valence-corrected chi connectivity index (χ1v) is 11.2. The Balaban J connectivity index is 1.38. The molecule has 0 bridgehead atoms. The Bertz CT molecular complexity index is 1380. The van der Waals surface area contributed by atoms with E-state index in [0.717, 1.165) is 45.0 Å². The van der Waals surface area contributed by atoms with Gasteiger partial charge >= 0.3 is 6.03 Å². The Morgan fingerprint density at radius 1 is 1.00 bits per heavy atom. The van der Waals surface area contributed by atoms with Gasteiger partial charge in [-0.3, -0.25) is 9.69 Å². The Labute approximate surface area is 192 Å². The number of para-hydroxylation sites is 1. The van der Waals surface area contributed by atoms with Crippen LogP contribution >= 0.6 is 0 Å². The molecule has 1 N–H and O–H groups in total. The number of nitrogens with one attached hydrogen (secondary N) is 1. The highest BCUT2D eigenvalue weighted by Gasteiger charge is 2.49. The van der Waals surface area contributed by atoms with Gasteiger partial charge in [0.15, 0.2) is 0 Å². The topological polar surface area (TPSA) is 65.8 Å². The van der Waals surface area contributed by atoms with Crippen molar-refractivity contribution in [2.45, 2.75) is 32.4 Å². The average molecular weight is 442 g/mol. The highest BCUT2D eigenvalue weighted by atomic mass is 16.3. The fraction of sp³-hybridized carbons (Fsp3) is 0.259. The quantitative estimate of drug-likeness (QED) is 0.428. The Kier molecular flexibility index (Phi) is 5.17. The van der Waals surface area contributed by atoms with E-state index in [9.17, 15) is 9.59 Å². The third-order valence-electron chi connectivity index (χ3n) is 6.52. The molecule has 1 atom stereocenters. The number of amides is 3. The molecule has 33 heavy (non-hydrogen) atoms. The summed E-state index contributed by atoms with van der Waals surface area (Å²) in [5.41, 5.74) is 1.63. The number of carbonyl (C=O) groups excluding carboxylic acids is 2. The molecule has 1 aliphatic rings. The van der Waals surface area contributed by atoms with E-state index < -0.39 is 5.54 Å². The molecule has 3 amide bonds. The lowest BCUT2D eigenvalue weighted by atomic mass is 9.90. The smallest absolute Gasteiger partial charge is 0.326 e. The largest absolute Gasteiger partial charge is 0.461 e. The molecule has 1 aliphatic heterocycles. The molecule has 0 aliphatic carbocycles. The van der Waals surface area contributed by atoms with Gasteiger partial charge < -0.3 is 9.73 Å². The van der Waals surface area contributed by atoms with Crippen molar-refractivity contribution in [1.82, 2.24) is 15.1 Å². The average Bonchev–Trinajstić information content (AvgIpc) is 3.28. The first-order valence-electron chi connectivity index (χ1n) is 11.2. The lowest BCUT2D eigenvalue weighted by Gasteiger charge is -2.25. The molecule has 2 heterocycles. The van der Waals surface area contributed by atoms with Gasteiger partial charge in [0.25, 0.3) is 5.91 Å². The number of hydrogen-bond acceptors (Lipinski definition) is 4. The van der Waals surface area contributed by atoms with Crippen molar-refractivity contribution in [1.29, 1.82) is 0 Å². The van der Waals surface area contributed by atoms with Crippen molar-refractivity contribution in [2.24, 2.45) is 0 Å². The van der Waals surface area contributed by atoms with Gasteiger partial charge in [-0.15, -0.1) is 0 Å². The van der Waals surface area contributed by atoms with E-state index >= 15 is 0 Å². The maximum absolute atomic E-state index is 13.4. The van der Waals surface area contributed by atoms with Gasteiger partial charge in [0.2, 0.25) is 0 Å². The highest BCUT2D eigenvalue weighted by molar-refractivity contribution is 6.07.